The van der Waals surface area contributed by atoms with E-state index in [1.807, 2.05) is 24.3 Å². The molecule has 7 heteroatoms. The van der Waals surface area contributed by atoms with Gasteiger partial charge in [-0.15, -0.1) is 0 Å². The zero-order chi connectivity index (χ0) is 20.1. The number of hydrogen-bond acceptors (Lipinski definition) is 4. The molecule has 3 heterocycles. The van der Waals surface area contributed by atoms with Gasteiger partial charge in [0.15, 0.2) is 0 Å². The van der Waals surface area contributed by atoms with Gasteiger partial charge in [0.2, 0.25) is 0 Å². The first kappa shape index (κ1) is 18.6. The van der Waals surface area contributed by atoms with Gasteiger partial charge in [0, 0.05) is 22.1 Å². The summed E-state index contributed by atoms with van der Waals surface area (Å²) in [5.74, 6) is -0.178. The van der Waals surface area contributed by atoms with Crippen molar-refractivity contribution in [3.05, 3.63) is 68.8 Å². The lowest BCUT2D eigenvalue weighted by Gasteiger charge is -2.42. The van der Waals surface area contributed by atoms with Crippen molar-refractivity contribution in [1.29, 1.82) is 0 Å². The Bertz CT molecular complexity index is 1140. The van der Waals surface area contributed by atoms with Crippen LogP contribution in [0.2, 0.25) is 5.02 Å². The average molecular weight is 413 g/mol. The summed E-state index contributed by atoms with van der Waals surface area (Å²) in [6, 6.07) is 10.5. The Labute approximate surface area is 172 Å². The number of piperidine rings is 1. The second-order valence-electron chi connectivity index (χ2n) is 8.12. The third kappa shape index (κ3) is 3.11. The second-order valence-corrected chi connectivity index (χ2v) is 8.53. The quantitative estimate of drug-likeness (QED) is 0.668. The Morgan fingerprint density at radius 3 is 2.72 bits per heavy atom. The maximum Gasteiger partial charge on any atom is 0.272 e. The first-order valence-corrected chi connectivity index (χ1v) is 10.3. The predicted molar refractivity (Wildman–Crippen MR) is 113 cm³/mol. The molecule has 2 aliphatic rings. The van der Waals surface area contributed by atoms with Gasteiger partial charge in [0.1, 0.15) is 5.82 Å². The minimum atomic E-state index is -0.430. The average Bonchev–Trinajstić information content (AvgIpc) is 2.71. The van der Waals surface area contributed by atoms with Gasteiger partial charge in [-0.2, -0.15) is 5.10 Å². The molecule has 1 saturated heterocycles. The summed E-state index contributed by atoms with van der Waals surface area (Å²) in [5, 5.41) is 12.3. The third-order valence-corrected chi connectivity index (χ3v) is 6.71. The van der Waals surface area contributed by atoms with Gasteiger partial charge in [-0.05, 0) is 62.7 Å². The number of nitrogens with one attached hydrogen (secondary N) is 2. The fourth-order valence-electron chi connectivity index (χ4n) is 4.91. The van der Waals surface area contributed by atoms with E-state index in [0.717, 1.165) is 37.2 Å². The molecule has 0 amide bonds. The molecule has 2 atom stereocenters. The lowest BCUT2D eigenvalue weighted by Crippen LogP contribution is -2.44. The van der Waals surface area contributed by atoms with Crippen molar-refractivity contribution in [3.8, 4) is 0 Å². The standard InChI is InChI=1S/C22H22ClFN4O/c1-28-8-6-12(7-9-28)20-19(14-4-2-3-5-16(14)23)21-18-15(22(29)27-26-21)10-13(24)11-17(18)25-20/h2-5,10-12,19-20,25H,6-9H2,1H3,(H,27,29)/t19-,20-/m0/s1. The lowest BCUT2D eigenvalue weighted by atomic mass is 9.74. The Morgan fingerprint density at radius 2 is 1.97 bits per heavy atom. The number of aromatic nitrogens is 2. The molecule has 0 spiro atoms. The Hall–Kier alpha value is -2.44. The number of hydrogen-bond donors (Lipinski definition) is 2. The van der Waals surface area contributed by atoms with Gasteiger partial charge in [-0.3, -0.25) is 4.79 Å². The normalized spacial score (nSPS) is 22.6. The van der Waals surface area contributed by atoms with Gasteiger partial charge in [0.25, 0.3) is 5.56 Å². The van der Waals surface area contributed by atoms with E-state index in [4.69, 9.17) is 11.6 Å². The van der Waals surface area contributed by atoms with Gasteiger partial charge in [-0.25, -0.2) is 9.49 Å². The van der Waals surface area contributed by atoms with Gasteiger partial charge in [0.05, 0.1) is 17.0 Å². The number of halogens is 2. The molecule has 29 heavy (non-hydrogen) atoms. The summed E-state index contributed by atoms with van der Waals surface area (Å²) >= 11 is 6.61. The van der Waals surface area contributed by atoms with E-state index in [1.165, 1.54) is 12.1 Å². The summed E-state index contributed by atoms with van der Waals surface area (Å²) in [4.78, 5) is 14.7. The highest BCUT2D eigenvalue weighted by Crippen LogP contribution is 2.45. The lowest BCUT2D eigenvalue weighted by molar-refractivity contribution is 0.197. The van der Waals surface area contributed by atoms with Crippen LogP contribution in [0.4, 0.5) is 10.1 Å². The Kier molecular flexibility index (Phi) is 4.56. The number of rotatable bonds is 2. The van der Waals surface area contributed by atoms with Crippen LogP contribution in [0.5, 0.6) is 0 Å². The van der Waals surface area contributed by atoms with Crippen molar-refractivity contribution in [2.24, 2.45) is 5.92 Å². The molecule has 150 valence electrons. The molecule has 5 rings (SSSR count). The molecule has 1 aromatic heterocycles. The smallest absolute Gasteiger partial charge is 0.272 e. The highest BCUT2D eigenvalue weighted by Gasteiger charge is 2.40. The van der Waals surface area contributed by atoms with E-state index < -0.39 is 5.82 Å². The summed E-state index contributed by atoms with van der Waals surface area (Å²) < 4.78 is 14.3. The van der Waals surface area contributed by atoms with Crippen molar-refractivity contribution in [3.63, 3.8) is 0 Å². The molecule has 2 N–H and O–H groups in total. The fourth-order valence-corrected chi connectivity index (χ4v) is 5.16. The van der Waals surface area contributed by atoms with Crippen LogP contribution in [0.1, 0.15) is 30.0 Å². The molecular formula is C22H22ClFN4O. The number of nitrogens with zero attached hydrogens (tertiary/aromatic N) is 2. The molecule has 0 radical (unpaired) electrons. The largest absolute Gasteiger partial charge is 0.380 e. The van der Waals surface area contributed by atoms with Crippen molar-refractivity contribution < 1.29 is 4.39 Å². The summed E-state index contributed by atoms with van der Waals surface area (Å²) in [6.07, 6.45) is 2.07. The molecule has 3 aromatic rings. The topological polar surface area (TPSA) is 61.0 Å². The minimum Gasteiger partial charge on any atom is -0.380 e. The van der Waals surface area contributed by atoms with E-state index in [-0.39, 0.29) is 17.5 Å². The first-order chi connectivity index (χ1) is 14.0. The van der Waals surface area contributed by atoms with Gasteiger partial charge >= 0.3 is 0 Å². The van der Waals surface area contributed by atoms with Crippen LogP contribution < -0.4 is 10.9 Å². The predicted octanol–water partition coefficient (Wildman–Crippen LogP) is 3.98. The summed E-state index contributed by atoms with van der Waals surface area (Å²) in [7, 11) is 2.13. The van der Waals surface area contributed by atoms with Crippen LogP contribution in [0, 0.1) is 11.7 Å². The second kappa shape index (κ2) is 7.11. The molecule has 0 unspecified atom stereocenters. The van der Waals surface area contributed by atoms with Crippen LogP contribution in [0.3, 0.4) is 0 Å². The van der Waals surface area contributed by atoms with Crippen molar-refractivity contribution in [1.82, 2.24) is 15.1 Å². The number of anilines is 1. The van der Waals surface area contributed by atoms with Crippen LogP contribution in [-0.2, 0) is 0 Å². The zero-order valence-corrected chi connectivity index (χ0v) is 16.8. The molecule has 5 nitrogen and oxygen atoms in total. The molecule has 1 fully saturated rings. The van der Waals surface area contributed by atoms with E-state index in [0.29, 0.717) is 27.4 Å². The SMILES string of the molecule is CN1CCC([C@@H]2Nc3cc(F)cc4c(=O)[nH]nc(c34)[C@H]2c2ccccc2Cl)CC1. The van der Waals surface area contributed by atoms with Gasteiger partial charge in [-0.1, -0.05) is 29.8 Å². The Morgan fingerprint density at radius 1 is 1.21 bits per heavy atom. The van der Waals surface area contributed by atoms with Crippen LogP contribution in [0.25, 0.3) is 10.8 Å². The third-order valence-electron chi connectivity index (χ3n) is 6.37. The van der Waals surface area contributed by atoms with E-state index in [9.17, 15) is 9.18 Å². The molecular weight excluding hydrogens is 391 g/mol. The highest BCUT2D eigenvalue weighted by atomic mass is 35.5. The van der Waals surface area contributed by atoms with Crippen LogP contribution in [0.15, 0.2) is 41.2 Å². The summed E-state index contributed by atoms with van der Waals surface area (Å²) in [6.45, 7) is 2.03. The first-order valence-electron chi connectivity index (χ1n) is 9.94. The van der Waals surface area contributed by atoms with Crippen molar-refractivity contribution >= 4 is 28.1 Å². The van der Waals surface area contributed by atoms with E-state index >= 15 is 0 Å². The number of benzene rings is 2. The van der Waals surface area contributed by atoms with Gasteiger partial charge < -0.3 is 10.2 Å². The molecule has 0 bridgehead atoms. The monoisotopic (exact) mass is 412 g/mol. The van der Waals surface area contributed by atoms with Crippen molar-refractivity contribution in [2.45, 2.75) is 24.8 Å². The molecule has 2 aliphatic heterocycles. The van der Waals surface area contributed by atoms with Crippen molar-refractivity contribution in [2.75, 3.05) is 25.5 Å². The minimum absolute atomic E-state index is 0.0134. The zero-order valence-electron chi connectivity index (χ0n) is 16.1. The Balaban J connectivity index is 1.73. The number of aromatic amines is 1. The van der Waals surface area contributed by atoms with Crippen LogP contribution >= 0.6 is 11.6 Å². The van der Waals surface area contributed by atoms with Crippen LogP contribution in [-0.4, -0.2) is 41.3 Å². The molecule has 0 aliphatic carbocycles. The maximum atomic E-state index is 14.3. The summed E-state index contributed by atoms with van der Waals surface area (Å²) in [5.41, 5.74) is 1.98. The fraction of sp³-hybridized carbons (Fsp3) is 0.364. The maximum absolute atomic E-state index is 14.3. The highest BCUT2D eigenvalue weighted by molar-refractivity contribution is 6.31. The molecule has 2 aromatic carbocycles. The number of H-pyrrole nitrogens is 1. The van der Waals surface area contributed by atoms with E-state index in [2.05, 4.69) is 27.5 Å². The number of likely N-dealkylation sites (tertiary alicyclic amines) is 1. The molecule has 0 saturated carbocycles. The van der Waals surface area contributed by atoms with E-state index in [1.54, 1.807) is 0 Å².